The normalized spacial score (nSPS) is 12.5. The Balaban J connectivity index is 3.23. The highest BCUT2D eigenvalue weighted by molar-refractivity contribution is 7.92. The lowest BCUT2D eigenvalue weighted by Crippen LogP contribution is -2.24. The summed E-state index contributed by atoms with van der Waals surface area (Å²) >= 11 is 0. The molecule has 1 aromatic carbocycles. The van der Waals surface area contributed by atoms with Crippen LogP contribution >= 0.6 is 0 Å². The Morgan fingerprint density at radius 2 is 1.82 bits per heavy atom. The van der Waals surface area contributed by atoms with Crippen molar-refractivity contribution in [2.75, 3.05) is 13.2 Å². The van der Waals surface area contributed by atoms with Gasteiger partial charge in [-0.15, -0.1) is 0 Å². The molecule has 0 heterocycles. The van der Waals surface area contributed by atoms with Gasteiger partial charge < -0.3 is 10.5 Å². The van der Waals surface area contributed by atoms with Crippen molar-refractivity contribution in [3.63, 3.8) is 0 Å². The average molecular weight is 269 g/mol. The number of ether oxygens (including phenoxy) is 1. The van der Waals surface area contributed by atoms with Gasteiger partial charge in [0.05, 0.1) is 0 Å². The van der Waals surface area contributed by atoms with Crippen LogP contribution < -0.4 is 10.5 Å². The first-order chi connectivity index (χ1) is 7.80. The Kier molecular flexibility index (Phi) is 3.99. The molecule has 1 aromatic rings. The zero-order valence-electron chi connectivity index (χ0n) is 8.57. The van der Waals surface area contributed by atoms with E-state index in [2.05, 4.69) is 0 Å². The number of alkyl halides is 3. The lowest BCUT2D eigenvalue weighted by atomic mass is 10.3. The highest BCUT2D eigenvalue weighted by atomic mass is 32.2. The van der Waals surface area contributed by atoms with E-state index in [1.807, 2.05) is 0 Å². The molecule has 0 bridgehead atoms. The van der Waals surface area contributed by atoms with Crippen LogP contribution in [0.4, 0.5) is 13.2 Å². The zero-order valence-corrected chi connectivity index (χ0v) is 9.38. The zero-order chi connectivity index (χ0) is 13.1. The van der Waals surface area contributed by atoms with Gasteiger partial charge in [-0.3, -0.25) is 0 Å². The number of halogens is 3. The van der Waals surface area contributed by atoms with E-state index in [1.165, 1.54) is 12.1 Å². The SMILES string of the molecule is NCCOc1ccccc1S(=O)(=O)C(F)(F)F. The van der Waals surface area contributed by atoms with E-state index < -0.39 is 20.2 Å². The minimum atomic E-state index is -5.40. The third-order valence-electron chi connectivity index (χ3n) is 1.82. The van der Waals surface area contributed by atoms with E-state index in [9.17, 15) is 21.6 Å². The largest absolute Gasteiger partial charge is 0.502 e. The molecule has 17 heavy (non-hydrogen) atoms. The highest BCUT2D eigenvalue weighted by Crippen LogP contribution is 2.35. The van der Waals surface area contributed by atoms with Crippen molar-refractivity contribution in [3.05, 3.63) is 24.3 Å². The van der Waals surface area contributed by atoms with Gasteiger partial charge >= 0.3 is 5.51 Å². The maximum Gasteiger partial charge on any atom is 0.502 e. The number of rotatable bonds is 4. The van der Waals surface area contributed by atoms with Crippen molar-refractivity contribution in [1.82, 2.24) is 0 Å². The average Bonchev–Trinajstić information content (AvgIpc) is 2.25. The summed E-state index contributed by atoms with van der Waals surface area (Å²) in [6.45, 7) is 0.00475. The molecular weight excluding hydrogens is 259 g/mol. The van der Waals surface area contributed by atoms with Gasteiger partial charge in [-0.05, 0) is 12.1 Å². The molecule has 0 fully saturated rings. The summed E-state index contributed by atoms with van der Waals surface area (Å²) in [6.07, 6.45) is 0. The summed E-state index contributed by atoms with van der Waals surface area (Å²) in [5.41, 5.74) is -0.227. The first-order valence-corrected chi connectivity index (χ1v) is 6.02. The first kappa shape index (κ1) is 13.8. The van der Waals surface area contributed by atoms with Crippen LogP contribution in [0.5, 0.6) is 5.75 Å². The summed E-state index contributed by atoms with van der Waals surface area (Å²) in [6, 6.07) is 4.55. The van der Waals surface area contributed by atoms with E-state index in [4.69, 9.17) is 10.5 Å². The summed E-state index contributed by atoms with van der Waals surface area (Å²) in [5.74, 6) is -0.352. The maximum absolute atomic E-state index is 12.4. The Labute approximate surface area is 96.1 Å². The van der Waals surface area contributed by atoms with Crippen LogP contribution in [-0.4, -0.2) is 27.1 Å². The second kappa shape index (κ2) is 4.92. The second-order valence-corrected chi connectivity index (χ2v) is 4.94. The van der Waals surface area contributed by atoms with E-state index >= 15 is 0 Å². The predicted molar refractivity (Wildman–Crippen MR) is 54.2 cm³/mol. The number of sulfone groups is 1. The molecule has 0 saturated heterocycles. The quantitative estimate of drug-likeness (QED) is 0.895. The molecule has 0 atom stereocenters. The van der Waals surface area contributed by atoms with Crippen LogP contribution in [0.3, 0.4) is 0 Å². The minimum Gasteiger partial charge on any atom is -0.491 e. The molecule has 0 saturated carbocycles. The Morgan fingerprint density at radius 3 is 2.35 bits per heavy atom. The minimum absolute atomic E-state index is 0.0651. The summed E-state index contributed by atoms with van der Waals surface area (Å²) in [5, 5.41) is 0. The van der Waals surface area contributed by atoms with Crippen LogP contribution in [0.25, 0.3) is 0 Å². The molecule has 0 aliphatic rings. The molecule has 4 nitrogen and oxygen atoms in total. The van der Waals surface area contributed by atoms with Crippen LogP contribution in [0.2, 0.25) is 0 Å². The lowest BCUT2D eigenvalue weighted by molar-refractivity contribution is -0.0437. The van der Waals surface area contributed by atoms with Crippen molar-refractivity contribution in [3.8, 4) is 5.75 Å². The van der Waals surface area contributed by atoms with Gasteiger partial charge in [0.2, 0.25) is 0 Å². The second-order valence-electron chi connectivity index (χ2n) is 3.03. The molecule has 0 aliphatic carbocycles. The van der Waals surface area contributed by atoms with Gasteiger partial charge in [-0.2, -0.15) is 13.2 Å². The highest BCUT2D eigenvalue weighted by Gasteiger charge is 2.48. The molecule has 8 heteroatoms. The number of para-hydroxylation sites is 1. The van der Waals surface area contributed by atoms with Gasteiger partial charge in [0, 0.05) is 6.54 Å². The van der Waals surface area contributed by atoms with Crippen molar-refractivity contribution >= 4 is 9.84 Å². The summed E-state index contributed by atoms with van der Waals surface area (Å²) < 4.78 is 64.3. The van der Waals surface area contributed by atoms with E-state index in [0.717, 1.165) is 12.1 Å². The summed E-state index contributed by atoms with van der Waals surface area (Å²) in [7, 11) is -5.40. The molecular formula is C9H10F3NO3S. The molecule has 0 radical (unpaired) electrons. The van der Waals surface area contributed by atoms with Gasteiger partial charge in [-0.25, -0.2) is 8.42 Å². The van der Waals surface area contributed by atoms with Gasteiger partial charge in [-0.1, -0.05) is 12.1 Å². The number of hydrogen-bond donors (Lipinski definition) is 1. The van der Waals surface area contributed by atoms with E-state index in [0.29, 0.717) is 0 Å². The van der Waals surface area contributed by atoms with Crippen LogP contribution in [0, 0.1) is 0 Å². The van der Waals surface area contributed by atoms with Crippen molar-refractivity contribution in [2.24, 2.45) is 5.73 Å². The van der Waals surface area contributed by atoms with Crippen LogP contribution in [0.1, 0.15) is 0 Å². The monoisotopic (exact) mass is 269 g/mol. The Hall–Kier alpha value is -1.28. The van der Waals surface area contributed by atoms with Gasteiger partial charge in [0.15, 0.2) is 0 Å². The Morgan fingerprint density at radius 1 is 1.24 bits per heavy atom. The fourth-order valence-electron chi connectivity index (χ4n) is 1.08. The van der Waals surface area contributed by atoms with Gasteiger partial charge in [0.25, 0.3) is 9.84 Å². The standard InChI is InChI=1S/C9H10F3NO3S/c10-9(11,12)17(14,15)8-4-2-1-3-7(8)16-6-5-13/h1-4H,5-6,13H2. The van der Waals surface area contributed by atoms with Crippen molar-refractivity contribution < 1.29 is 26.3 Å². The molecule has 0 amide bonds. The molecule has 0 spiro atoms. The number of nitrogens with two attached hydrogens (primary N) is 1. The van der Waals surface area contributed by atoms with Crippen molar-refractivity contribution in [1.29, 1.82) is 0 Å². The fraction of sp³-hybridized carbons (Fsp3) is 0.333. The maximum atomic E-state index is 12.4. The predicted octanol–water partition coefficient (Wildman–Crippen LogP) is 1.32. The lowest BCUT2D eigenvalue weighted by Gasteiger charge is -2.12. The van der Waals surface area contributed by atoms with Crippen LogP contribution in [0.15, 0.2) is 29.2 Å². The smallest absolute Gasteiger partial charge is 0.491 e. The molecule has 0 aromatic heterocycles. The fourth-order valence-corrected chi connectivity index (χ4v) is 1.98. The summed E-state index contributed by atoms with van der Waals surface area (Å²) in [4.78, 5) is -0.902. The molecule has 2 N–H and O–H groups in total. The number of benzene rings is 1. The molecule has 0 unspecified atom stereocenters. The van der Waals surface area contributed by atoms with Gasteiger partial charge in [0.1, 0.15) is 17.3 Å². The Bertz CT molecular complexity index is 485. The molecule has 1 rings (SSSR count). The van der Waals surface area contributed by atoms with Crippen LogP contribution in [-0.2, 0) is 9.84 Å². The topological polar surface area (TPSA) is 69.4 Å². The first-order valence-electron chi connectivity index (χ1n) is 4.54. The molecule has 0 aliphatic heterocycles. The third kappa shape index (κ3) is 2.89. The van der Waals surface area contributed by atoms with E-state index in [-0.39, 0.29) is 18.9 Å². The molecule has 96 valence electrons. The number of hydrogen-bond acceptors (Lipinski definition) is 4. The van der Waals surface area contributed by atoms with E-state index in [1.54, 1.807) is 0 Å². The third-order valence-corrected chi connectivity index (χ3v) is 3.34. The van der Waals surface area contributed by atoms with Crippen molar-refractivity contribution in [2.45, 2.75) is 10.4 Å².